The summed E-state index contributed by atoms with van der Waals surface area (Å²) in [6.45, 7) is 7.11. The third-order valence-electron chi connectivity index (χ3n) is 5.79. The molecule has 0 aromatic heterocycles. The maximum atomic E-state index is 13.6. The maximum absolute atomic E-state index is 13.6. The van der Waals surface area contributed by atoms with Gasteiger partial charge in [0.15, 0.2) is 5.78 Å². The summed E-state index contributed by atoms with van der Waals surface area (Å²) in [6.07, 6.45) is 5.45. The Morgan fingerprint density at radius 3 is 2.38 bits per heavy atom. The molecule has 0 fully saturated rings. The van der Waals surface area contributed by atoms with Gasteiger partial charge in [-0.25, -0.2) is 0 Å². The largest absolute Gasteiger partial charge is 0.289 e. The fourth-order valence-electron chi connectivity index (χ4n) is 4.50. The Morgan fingerprint density at radius 1 is 0.962 bits per heavy atom. The lowest BCUT2D eigenvalue weighted by molar-refractivity contribution is 0.102. The molecular weight excluding hydrogens is 332 g/mol. The number of Topliss-reactive ketones (excluding diaryl/α,β-unsaturated/α-hetero) is 1. The Labute approximate surface area is 157 Å². The zero-order chi connectivity index (χ0) is 18.3. The molecule has 132 valence electrons. The van der Waals surface area contributed by atoms with Crippen molar-refractivity contribution < 1.29 is 4.79 Å². The molecule has 2 aromatic carbocycles. The minimum absolute atomic E-state index is 0.248. The predicted octanol–water partition coefficient (Wildman–Crippen LogP) is 6.09. The van der Waals surface area contributed by atoms with Gasteiger partial charge >= 0.3 is 0 Å². The van der Waals surface area contributed by atoms with Gasteiger partial charge in [0, 0.05) is 17.1 Å². The molecule has 0 spiro atoms. The van der Waals surface area contributed by atoms with Crippen molar-refractivity contribution in [3.05, 3.63) is 88.1 Å². The van der Waals surface area contributed by atoms with Crippen LogP contribution in [0.25, 0.3) is 5.57 Å². The summed E-state index contributed by atoms with van der Waals surface area (Å²) < 4.78 is 0. The second-order valence-electron chi connectivity index (χ2n) is 8.45. The Bertz CT molecular complexity index is 913. The second-order valence-corrected chi connectivity index (χ2v) is 13.6. The predicted molar refractivity (Wildman–Crippen MR) is 112 cm³/mol. The molecule has 26 heavy (non-hydrogen) atoms. The molecule has 0 saturated heterocycles. The van der Waals surface area contributed by atoms with Gasteiger partial charge in [-0.1, -0.05) is 85.5 Å². The molecule has 1 nitrogen and oxygen atoms in total. The number of carbonyl (C=O) groups excluding carboxylic acids is 1. The molecule has 2 aliphatic carbocycles. The SMILES string of the molecule is C[Si](C)(C)C1=C(C(=O)c2ccccc2)[C@H]2CCc3ccccc3C2=CC1. The van der Waals surface area contributed by atoms with Gasteiger partial charge in [0.2, 0.25) is 0 Å². The molecule has 0 N–H and O–H groups in total. The van der Waals surface area contributed by atoms with Crippen LogP contribution in [-0.4, -0.2) is 13.9 Å². The van der Waals surface area contributed by atoms with Crippen LogP contribution in [0.5, 0.6) is 0 Å². The fourth-order valence-corrected chi connectivity index (χ4v) is 6.31. The number of fused-ring (bicyclic) bond motifs is 3. The van der Waals surface area contributed by atoms with Crippen LogP contribution in [0.3, 0.4) is 0 Å². The lowest BCUT2D eigenvalue weighted by Crippen LogP contribution is -2.33. The number of hydrogen-bond donors (Lipinski definition) is 0. The first-order valence-corrected chi connectivity index (χ1v) is 13.1. The summed E-state index contributed by atoms with van der Waals surface area (Å²) in [4.78, 5) is 13.6. The summed E-state index contributed by atoms with van der Waals surface area (Å²) >= 11 is 0. The van der Waals surface area contributed by atoms with E-state index in [0.717, 1.165) is 30.4 Å². The number of rotatable bonds is 3. The quantitative estimate of drug-likeness (QED) is 0.479. The number of allylic oxidation sites excluding steroid dienone is 4. The van der Waals surface area contributed by atoms with Crippen molar-refractivity contribution in [3.63, 3.8) is 0 Å². The van der Waals surface area contributed by atoms with E-state index in [9.17, 15) is 4.79 Å². The molecule has 1 atom stereocenters. The molecule has 2 aromatic rings. The van der Waals surface area contributed by atoms with Gasteiger partial charge in [-0.15, -0.1) is 0 Å². The summed E-state index contributed by atoms with van der Waals surface area (Å²) in [6, 6.07) is 18.6. The summed E-state index contributed by atoms with van der Waals surface area (Å²) in [5.41, 5.74) is 6.11. The number of aryl methyl sites for hydroxylation is 1. The van der Waals surface area contributed by atoms with Crippen molar-refractivity contribution in [2.75, 3.05) is 0 Å². The van der Waals surface area contributed by atoms with Crippen molar-refractivity contribution in [1.82, 2.24) is 0 Å². The Balaban J connectivity index is 1.85. The summed E-state index contributed by atoms with van der Waals surface area (Å²) in [5.74, 6) is 0.506. The van der Waals surface area contributed by atoms with E-state index in [1.165, 1.54) is 21.9 Å². The van der Waals surface area contributed by atoms with Crippen molar-refractivity contribution in [1.29, 1.82) is 0 Å². The van der Waals surface area contributed by atoms with Crippen molar-refractivity contribution in [2.45, 2.75) is 38.9 Å². The third-order valence-corrected chi connectivity index (χ3v) is 8.08. The minimum atomic E-state index is -1.57. The lowest BCUT2D eigenvalue weighted by atomic mass is 9.71. The Hall–Kier alpha value is -2.19. The minimum Gasteiger partial charge on any atom is -0.289 e. The number of carbonyl (C=O) groups is 1. The van der Waals surface area contributed by atoms with E-state index in [1.807, 2.05) is 30.3 Å². The van der Waals surface area contributed by atoms with E-state index in [4.69, 9.17) is 0 Å². The zero-order valence-electron chi connectivity index (χ0n) is 15.9. The second kappa shape index (κ2) is 6.51. The third kappa shape index (κ3) is 2.93. The van der Waals surface area contributed by atoms with Crippen LogP contribution in [0.15, 0.2) is 71.4 Å². The first kappa shape index (κ1) is 17.2. The van der Waals surface area contributed by atoms with Crippen LogP contribution < -0.4 is 0 Å². The van der Waals surface area contributed by atoms with Crippen LogP contribution in [0.4, 0.5) is 0 Å². The highest BCUT2D eigenvalue weighted by molar-refractivity contribution is 6.83. The fraction of sp³-hybridized carbons (Fsp3) is 0.292. The molecule has 4 rings (SSSR count). The van der Waals surface area contributed by atoms with Gasteiger partial charge in [0.05, 0.1) is 8.07 Å². The topological polar surface area (TPSA) is 17.1 Å². The Morgan fingerprint density at radius 2 is 1.65 bits per heavy atom. The molecule has 0 bridgehead atoms. The summed E-state index contributed by atoms with van der Waals surface area (Å²) in [7, 11) is -1.57. The smallest absolute Gasteiger partial charge is 0.189 e. The first-order chi connectivity index (χ1) is 12.5. The molecule has 0 amide bonds. The van der Waals surface area contributed by atoms with E-state index < -0.39 is 8.07 Å². The molecule has 0 saturated carbocycles. The van der Waals surface area contributed by atoms with Gasteiger partial charge in [0.1, 0.15) is 0 Å². The average molecular weight is 359 g/mol. The molecule has 0 aliphatic heterocycles. The van der Waals surface area contributed by atoms with Crippen molar-refractivity contribution >= 4 is 19.4 Å². The summed E-state index contributed by atoms with van der Waals surface area (Å²) in [5, 5.41) is 1.44. The monoisotopic (exact) mass is 358 g/mol. The van der Waals surface area contributed by atoms with Crippen LogP contribution in [0.2, 0.25) is 19.6 Å². The van der Waals surface area contributed by atoms with Gasteiger partial charge in [-0.2, -0.15) is 0 Å². The molecule has 2 heteroatoms. The van der Waals surface area contributed by atoms with Crippen molar-refractivity contribution in [2.24, 2.45) is 5.92 Å². The van der Waals surface area contributed by atoms with Crippen LogP contribution in [0, 0.1) is 5.92 Å². The first-order valence-electron chi connectivity index (χ1n) is 9.58. The Kier molecular flexibility index (Phi) is 4.32. The van der Waals surface area contributed by atoms with Crippen LogP contribution >= 0.6 is 0 Å². The lowest BCUT2D eigenvalue weighted by Gasteiger charge is -2.37. The van der Waals surface area contributed by atoms with E-state index in [-0.39, 0.29) is 11.7 Å². The maximum Gasteiger partial charge on any atom is 0.189 e. The van der Waals surface area contributed by atoms with Crippen molar-refractivity contribution in [3.8, 4) is 0 Å². The highest BCUT2D eigenvalue weighted by Gasteiger charge is 2.37. The van der Waals surface area contributed by atoms with E-state index in [2.05, 4.69) is 50.0 Å². The standard InChI is InChI=1S/C24H26OSi/c1-26(2,3)22-16-15-20-19-12-8-7-9-17(19)13-14-21(20)23(22)24(25)18-10-5-4-6-11-18/h4-12,15,21H,13-14,16H2,1-3H3/t21-/m0/s1. The van der Waals surface area contributed by atoms with Crippen LogP contribution in [-0.2, 0) is 6.42 Å². The van der Waals surface area contributed by atoms with Gasteiger partial charge in [-0.3, -0.25) is 4.79 Å². The van der Waals surface area contributed by atoms with Gasteiger partial charge in [-0.05, 0) is 36.0 Å². The van der Waals surface area contributed by atoms with E-state index in [1.54, 1.807) is 0 Å². The zero-order valence-corrected chi connectivity index (χ0v) is 16.9. The molecule has 2 aliphatic rings. The average Bonchev–Trinajstić information content (AvgIpc) is 2.66. The number of hydrogen-bond acceptors (Lipinski definition) is 1. The van der Waals surface area contributed by atoms with Gasteiger partial charge in [0.25, 0.3) is 0 Å². The molecular formula is C24H26OSi. The number of benzene rings is 2. The molecule has 0 heterocycles. The van der Waals surface area contributed by atoms with E-state index in [0.29, 0.717) is 0 Å². The van der Waals surface area contributed by atoms with Crippen LogP contribution in [0.1, 0.15) is 34.3 Å². The highest BCUT2D eigenvalue weighted by Crippen LogP contribution is 2.46. The normalized spacial score (nSPS) is 19.5. The molecule has 0 unspecified atom stereocenters. The van der Waals surface area contributed by atoms with Gasteiger partial charge < -0.3 is 0 Å². The number of ketones is 1. The van der Waals surface area contributed by atoms with E-state index >= 15 is 0 Å². The molecule has 0 radical (unpaired) electrons. The highest BCUT2D eigenvalue weighted by atomic mass is 28.3.